The third-order valence-corrected chi connectivity index (χ3v) is 1.53. The van der Waals surface area contributed by atoms with Gasteiger partial charge in [0, 0.05) is 4.47 Å². The molecule has 0 aliphatic rings. The van der Waals surface area contributed by atoms with Crippen molar-refractivity contribution in [3.63, 3.8) is 0 Å². The van der Waals surface area contributed by atoms with Gasteiger partial charge < -0.3 is 10.9 Å². The zero-order chi connectivity index (χ0) is 6.69. The topological polar surface area (TPSA) is 42.7 Å². The summed E-state index contributed by atoms with van der Waals surface area (Å²) in [5.41, 5.74) is 0. The second-order valence-electron chi connectivity index (χ2n) is 1.66. The van der Waals surface area contributed by atoms with Crippen LogP contribution in [0.4, 0.5) is 0 Å². The predicted octanol–water partition coefficient (Wildman–Crippen LogP) is 0.179. The third kappa shape index (κ3) is 4.49. The van der Waals surface area contributed by atoms with Crippen LogP contribution in [-0.2, 0) is 0 Å². The number of nitrogens with two attached hydrogens (primary N) is 1. The quantitative estimate of drug-likeness (QED) is 0.609. The van der Waals surface area contributed by atoms with Crippen molar-refractivity contribution in [2.45, 2.75) is 0 Å². The van der Waals surface area contributed by atoms with E-state index in [4.69, 9.17) is 4.74 Å². The molecule has 0 atom stereocenters. The fourth-order valence-electron chi connectivity index (χ4n) is 0.594. The number of hydrogen-bond acceptors (Lipinski definition) is 1. The van der Waals surface area contributed by atoms with Crippen LogP contribution in [-0.4, -0.2) is 7.11 Å². The van der Waals surface area contributed by atoms with Crippen LogP contribution in [0.1, 0.15) is 0 Å². The Balaban J connectivity index is 0. The average molecular weight is 210 g/mol. The molecule has 0 spiro atoms. The van der Waals surface area contributed by atoms with Gasteiger partial charge in [-0.3, -0.25) is 0 Å². The molecule has 0 bridgehead atoms. The van der Waals surface area contributed by atoms with E-state index in [0.29, 0.717) is 0 Å². The van der Waals surface area contributed by atoms with Crippen LogP contribution in [0.5, 0.6) is 5.75 Å². The van der Waals surface area contributed by atoms with Gasteiger partial charge in [0.05, 0.1) is 7.11 Å². The molecule has 0 radical (unpaired) electrons. The van der Waals surface area contributed by atoms with Crippen molar-refractivity contribution in [3.8, 4) is 5.75 Å². The van der Waals surface area contributed by atoms with Crippen LogP contribution < -0.4 is 23.6 Å². The largest absolute Gasteiger partial charge is 1.00 e. The van der Waals surface area contributed by atoms with Crippen LogP contribution in [0.2, 0.25) is 0 Å². The molecule has 0 aliphatic heterocycles. The van der Waals surface area contributed by atoms with Crippen molar-refractivity contribution in [2.75, 3.05) is 7.11 Å². The van der Waals surface area contributed by atoms with Crippen LogP contribution in [0.15, 0.2) is 28.7 Å². The Kier molecular flexibility index (Phi) is 8.36. The van der Waals surface area contributed by atoms with Gasteiger partial charge in [-0.1, -0.05) is 22.0 Å². The number of methoxy groups -OCH3 is 1. The molecule has 1 aromatic rings. The second-order valence-corrected chi connectivity index (χ2v) is 2.58. The summed E-state index contributed by atoms with van der Waals surface area (Å²) in [6.45, 7) is 0. The minimum Gasteiger partial charge on any atom is -0.693 e. The van der Waals surface area contributed by atoms with E-state index in [2.05, 4.69) is 15.9 Å². The van der Waals surface area contributed by atoms with E-state index in [9.17, 15) is 0 Å². The number of ether oxygens (including phenoxy) is 1. The van der Waals surface area contributed by atoms with Gasteiger partial charge in [0.1, 0.15) is 5.75 Å². The number of rotatable bonds is 1. The maximum Gasteiger partial charge on any atom is 1.00 e. The fraction of sp³-hybridized carbons (Fsp3) is 0.143. The normalized spacial score (nSPS) is 7.45. The van der Waals surface area contributed by atoms with Gasteiger partial charge in [0.25, 0.3) is 0 Å². The van der Waals surface area contributed by atoms with Gasteiger partial charge in [-0.2, -0.15) is 0 Å². The molecule has 1 aromatic carbocycles. The summed E-state index contributed by atoms with van der Waals surface area (Å²) >= 11 is 3.32. The molecular weight excluding hydrogens is 201 g/mol. The molecule has 0 unspecified atom stereocenters. The molecule has 0 saturated carbocycles. The first-order chi connectivity index (χ1) is 4.33. The van der Waals surface area contributed by atoms with Crippen LogP contribution in [0.25, 0.3) is 6.15 Å². The molecule has 0 saturated heterocycles. The molecule has 0 aliphatic carbocycles. The van der Waals surface area contributed by atoms with Gasteiger partial charge in [-0.15, -0.1) is 0 Å². The second kappa shape index (κ2) is 6.75. The molecular formula is C7H9BrLiNO. The summed E-state index contributed by atoms with van der Waals surface area (Å²) in [5.74, 6) is 0.879. The standard InChI is InChI=1S/C7H7BrO.Li.H2N/c1-9-7-4-2-3-6(8)5-7;;/h2-5H,1H3;;1H2/q;+1;-1. The summed E-state index contributed by atoms with van der Waals surface area (Å²) in [7, 11) is 1.65. The first kappa shape index (κ1) is 13.6. The number of benzene rings is 1. The van der Waals surface area contributed by atoms with Crippen molar-refractivity contribution in [3.05, 3.63) is 34.9 Å². The fourth-order valence-corrected chi connectivity index (χ4v) is 0.972. The smallest absolute Gasteiger partial charge is 0.693 e. The van der Waals surface area contributed by atoms with Gasteiger partial charge >= 0.3 is 18.9 Å². The zero-order valence-electron chi connectivity index (χ0n) is 6.67. The van der Waals surface area contributed by atoms with E-state index in [-0.39, 0.29) is 25.0 Å². The van der Waals surface area contributed by atoms with E-state index >= 15 is 0 Å². The van der Waals surface area contributed by atoms with Crippen molar-refractivity contribution in [1.29, 1.82) is 0 Å². The summed E-state index contributed by atoms with van der Waals surface area (Å²) in [6.07, 6.45) is 0. The Labute approximate surface area is 87.2 Å². The molecule has 56 valence electrons. The van der Waals surface area contributed by atoms with Crippen molar-refractivity contribution < 1.29 is 23.6 Å². The number of halogens is 1. The van der Waals surface area contributed by atoms with Crippen molar-refractivity contribution >= 4 is 15.9 Å². The first-order valence-electron chi connectivity index (χ1n) is 2.62. The Morgan fingerprint density at radius 2 is 2.00 bits per heavy atom. The zero-order valence-corrected chi connectivity index (χ0v) is 8.26. The molecule has 4 heteroatoms. The number of hydrogen-bond donors (Lipinski definition) is 0. The van der Waals surface area contributed by atoms with Crippen molar-refractivity contribution in [1.82, 2.24) is 0 Å². The minimum absolute atomic E-state index is 0. The first-order valence-corrected chi connectivity index (χ1v) is 3.42. The van der Waals surface area contributed by atoms with Gasteiger partial charge in [-0.25, -0.2) is 0 Å². The minimum atomic E-state index is 0. The molecule has 2 N–H and O–H groups in total. The summed E-state index contributed by atoms with van der Waals surface area (Å²) in [4.78, 5) is 0. The van der Waals surface area contributed by atoms with Crippen molar-refractivity contribution in [2.24, 2.45) is 0 Å². The van der Waals surface area contributed by atoms with E-state index in [0.717, 1.165) is 10.2 Å². The Morgan fingerprint density at radius 3 is 2.36 bits per heavy atom. The van der Waals surface area contributed by atoms with Gasteiger partial charge in [-0.05, 0) is 18.2 Å². The molecule has 0 heterocycles. The van der Waals surface area contributed by atoms with E-state index in [1.807, 2.05) is 24.3 Å². The van der Waals surface area contributed by atoms with E-state index in [1.54, 1.807) is 7.11 Å². The average Bonchev–Trinajstić information content (AvgIpc) is 1.88. The molecule has 11 heavy (non-hydrogen) atoms. The predicted molar refractivity (Wildman–Crippen MR) is 46.0 cm³/mol. The maximum absolute atomic E-state index is 4.96. The molecule has 1 rings (SSSR count). The SMILES string of the molecule is COc1cccc(Br)c1.[Li+].[NH2-]. The maximum atomic E-state index is 4.96. The molecule has 2 nitrogen and oxygen atoms in total. The molecule has 0 aromatic heterocycles. The summed E-state index contributed by atoms with van der Waals surface area (Å²) in [6, 6.07) is 7.72. The Bertz CT molecular complexity index is 207. The summed E-state index contributed by atoms with van der Waals surface area (Å²) in [5, 5.41) is 0. The van der Waals surface area contributed by atoms with Crippen LogP contribution in [0.3, 0.4) is 0 Å². The molecule has 0 fully saturated rings. The Hall–Kier alpha value is 0.0574. The monoisotopic (exact) mass is 209 g/mol. The van der Waals surface area contributed by atoms with E-state index in [1.165, 1.54) is 0 Å². The summed E-state index contributed by atoms with van der Waals surface area (Å²) < 4.78 is 6.01. The Morgan fingerprint density at radius 1 is 1.36 bits per heavy atom. The van der Waals surface area contributed by atoms with Crippen LogP contribution >= 0.6 is 15.9 Å². The van der Waals surface area contributed by atoms with Gasteiger partial charge in [0.2, 0.25) is 0 Å². The van der Waals surface area contributed by atoms with Crippen LogP contribution in [0, 0.1) is 0 Å². The third-order valence-electron chi connectivity index (χ3n) is 1.03. The van der Waals surface area contributed by atoms with Gasteiger partial charge in [0.15, 0.2) is 0 Å². The van der Waals surface area contributed by atoms with E-state index < -0.39 is 0 Å². The molecule has 0 amide bonds.